The van der Waals surface area contributed by atoms with Crippen molar-refractivity contribution in [3.63, 3.8) is 0 Å². The molecule has 0 spiro atoms. The van der Waals surface area contributed by atoms with Crippen LogP contribution in [-0.2, 0) is 14.8 Å². The quantitative estimate of drug-likeness (QED) is 0.526. The van der Waals surface area contributed by atoms with Gasteiger partial charge in [-0.15, -0.1) is 0 Å². The molecule has 10 heteroatoms. The summed E-state index contributed by atoms with van der Waals surface area (Å²) >= 11 is 0. The van der Waals surface area contributed by atoms with Crippen molar-refractivity contribution in [2.45, 2.75) is 11.8 Å². The number of carbonyl (C=O) groups excluding carboxylic acids is 2. The van der Waals surface area contributed by atoms with Gasteiger partial charge in [-0.3, -0.25) is 9.59 Å². The minimum atomic E-state index is -3.86. The standard InChI is InChI=1S/C19H23N3O6S/c1-13(23)22-15-6-4-14(5-7-15)19(24)20-10-11-21-29(25,26)18-12-16(27-2)8-9-17(18)28-3/h4-9,12,21H,10-11H2,1-3H3,(H,20,24)(H,22,23). The van der Waals surface area contributed by atoms with Crippen molar-refractivity contribution in [1.82, 2.24) is 10.0 Å². The Hall–Kier alpha value is -3.11. The van der Waals surface area contributed by atoms with Gasteiger partial charge in [0.25, 0.3) is 5.91 Å². The molecule has 0 saturated carbocycles. The maximum absolute atomic E-state index is 12.5. The zero-order chi connectivity index (χ0) is 21.4. The third-order valence-electron chi connectivity index (χ3n) is 3.83. The van der Waals surface area contributed by atoms with Crippen LogP contribution in [0, 0.1) is 0 Å². The molecule has 0 aromatic heterocycles. The number of methoxy groups -OCH3 is 2. The second-order valence-corrected chi connectivity index (χ2v) is 7.66. The fourth-order valence-electron chi connectivity index (χ4n) is 2.44. The van der Waals surface area contributed by atoms with Gasteiger partial charge in [-0.2, -0.15) is 0 Å². The average molecular weight is 421 g/mol. The van der Waals surface area contributed by atoms with Gasteiger partial charge in [-0.1, -0.05) is 0 Å². The Morgan fingerprint density at radius 3 is 2.24 bits per heavy atom. The molecule has 0 radical (unpaired) electrons. The van der Waals surface area contributed by atoms with Crippen molar-refractivity contribution in [2.24, 2.45) is 0 Å². The number of carbonyl (C=O) groups is 2. The monoisotopic (exact) mass is 421 g/mol. The summed E-state index contributed by atoms with van der Waals surface area (Å²) in [5, 5.41) is 5.23. The molecule has 0 heterocycles. The first-order chi connectivity index (χ1) is 13.8. The Bertz CT molecular complexity index is 974. The molecule has 3 N–H and O–H groups in total. The summed E-state index contributed by atoms with van der Waals surface area (Å²) in [5.74, 6) is -0.0107. The van der Waals surface area contributed by atoms with Crippen LogP contribution in [0.2, 0.25) is 0 Å². The van der Waals surface area contributed by atoms with Gasteiger partial charge in [-0.05, 0) is 36.4 Å². The van der Waals surface area contributed by atoms with E-state index in [1.54, 1.807) is 30.3 Å². The third kappa shape index (κ3) is 6.19. The Kier molecular flexibility index (Phi) is 7.57. The number of amides is 2. The molecule has 2 aromatic carbocycles. The topological polar surface area (TPSA) is 123 Å². The van der Waals surface area contributed by atoms with Gasteiger partial charge in [0.15, 0.2) is 0 Å². The summed E-state index contributed by atoms with van der Waals surface area (Å²) in [6, 6.07) is 10.8. The summed E-state index contributed by atoms with van der Waals surface area (Å²) in [6.07, 6.45) is 0. The molecule has 0 atom stereocenters. The molecule has 0 aliphatic heterocycles. The molecule has 156 valence electrons. The van der Waals surface area contributed by atoms with Gasteiger partial charge in [0.05, 0.1) is 14.2 Å². The lowest BCUT2D eigenvalue weighted by Gasteiger charge is -2.12. The minimum Gasteiger partial charge on any atom is -0.497 e. The molecule has 0 bridgehead atoms. The van der Waals surface area contributed by atoms with Gasteiger partial charge < -0.3 is 20.1 Å². The number of nitrogens with one attached hydrogen (secondary N) is 3. The molecule has 2 amide bonds. The van der Waals surface area contributed by atoms with Crippen LogP contribution >= 0.6 is 0 Å². The number of ether oxygens (including phenoxy) is 2. The fraction of sp³-hybridized carbons (Fsp3) is 0.263. The second-order valence-electron chi connectivity index (χ2n) is 5.93. The average Bonchev–Trinajstić information content (AvgIpc) is 2.70. The van der Waals surface area contributed by atoms with Crippen molar-refractivity contribution in [2.75, 3.05) is 32.6 Å². The van der Waals surface area contributed by atoms with E-state index in [4.69, 9.17) is 9.47 Å². The first-order valence-corrected chi connectivity index (χ1v) is 10.1. The fourth-order valence-corrected chi connectivity index (χ4v) is 3.66. The van der Waals surface area contributed by atoms with Crippen LogP contribution in [0.3, 0.4) is 0 Å². The van der Waals surface area contributed by atoms with Crippen molar-refractivity contribution < 1.29 is 27.5 Å². The number of hydrogen-bond donors (Lipinski definition) is 3. The van der Waals surface area contributed by atoms with Crippen molar-refractivity contribution >= 4 is 27.5 Å². The van der Waals surface area contributed by atoms with Gasteiger partial charge in [0, 0.05) is 37.3 Å². The van der Waals surface area contributed by atoms with Crippen LogP contribution in [0.15, 0.2) is 47.4 Å². The number of anilines is 1. The van der Waals surface area contributed by atoms with E-state index in [0.717, 1.165) is 0 Å². The van der Waals surface area contributed by atoms with E-state index >= 15 is 0 Å². The second kappa shape index (κ2) is 9.89. The zero-order valence-electron chi connectivity index (χ0n) is 16.3. The Morgan fingerprint density at radius 2 is 1.66 bits per heavy atom. The van der Waals surface area contributed by atoms with Gasteiger partial charge in [0.2, 0.25) is 15.9 Å². The summed E-state index contributed by atoms with van der Waals surface area (Å²) in [5.41, 5.74) is 0.963. The summed E-state index contributed by atoms with van der Waals surface area (Å²) in [6.45, 7) is 1.46. The van der Waals surface area contributed by atoms with Gasteiger partial charge >= 0.3 is 0 Å². The lowest BCUT2D eigenvalue weighted by atomic mass is 10.2. The largest absolute Gasteiger partial charge is 0.497 e. The minimum absolute atomic E-state index is 0.0155. The molecule has 2 aromatic rings. The summed E-state index contributed by atoms with van der Waals surface area (Å²) in [4.78, 5) is 23.1. The van der Waals surface area contributed by atoms with Crippen molar-refractivity contribution in [3.05, 3.63) is 48.0 Å². The molecule has 29 heavy (non-hydrogen) atoms. The third-order valence-corrected chi connectivity index (χ3v) is 5.31. The number of sulfonamides is 1. The molecular weight excluding hydrogens is 398 g/mol. The van der Waals surface area contributed by atoms with E-state index in [2.05, 4.69) is 15.4 Å². The van der Waals surface area contributed by atoms with Crippen molar-refractivity contribution in [1.29, 1.82) is 0 Å². The smallest absolute Gasteiger partial charge is 0.251 e. The van der Waals surface area contributed by atoms with Gasteiger partial charge in [-0.25, -0.2) is 13.1 Å². The predicted molar refractivity (Wildman–Crippen MR) is 108 cm³/mol. The lowest BCUT2D eigenvalue weighted by molar-refractivity contribution is -0.114. The van der Waals surface area contributed by atoms with E-state index in [-0.39, 0.29) is 35.5 Å². The summed E-state index contributed by atoms with van der Waals surface area (Å²) in [7, 11) is -1.05. The molecule has 0 unspecified atom stereocenters. The van der Waals surface area contributed by atoms with E-state index in [0.29, 0.717) is 17.0 Å². The van der Waals surface area contributed by atoms with Crippen molar-refractivity contribution in [3.8, 4) is 11.5 Å². The highest BCUT2D eigenvalue weighted by molar-refractivity contribution is 7.89. The highest BCUT2D eigenvalue weighted by atomic mass is 32.2. The van der Waals surface area contributed by atoms with E-state index < -0.39 is 10.0 Å². The predicted octanol–water partition coefficient (Wildman–Crippen LogP) is 1.37. The van der Waals surface area contributed by atoms with Crippen LogP contribution in [-0.4, -0.2) is 47.5 Å². The molecule has 9 nitrogen and oxygen atoms in total. The highest BCUT2D eigenvalue weighted by Crippen LogP contribution is 2.27. The maximum Gasteiger partial charge on any atom is 0.251 e. The Balaban J connectivity index is 1.92. The molecule has 0 fully saturated rings. The molecular formula is C19H23N3O6S. The van der Waals surface area contributed by atoms with Gasteiger partial charge in [0.1, 0.15) is 16.4 Å². The molecule has 0 aliphatic carbocycles. The van der Waals surface area contributed by atoms with Crippen LogP contribution in [0.1, 0.15) is 17.3 Å². The zero-order valence-corrected chi connectivity index (χ0v) is 17.1. The number of benzene rings is 2. The van der Waals surface area contributed by atoms with E-state index in [9.17, 15) is 18.0 Å². The highest BCUT2D eigenvalue weighted by Gasteiger charge is 2.20. The molecule has 0 saturated heterocycles. The van der Waals surface area contributed by atoms with Crippen LogP contribution in [0.4, 0.5) is 5.69 Å². The van der Waals surface area contributed by atoms with E-state index in [1.807, 2.05) is 0 Å². The van der Waals surface area contributed by atoms with Crippen LogP contribution in [0.25, 0.3) is 0 Å². The first kappa shape index (κ1) is 22.2. The molecule has 0 aliphatic rings. The number of hydrogen-bond acceptors (Lipinski definition) is 6. The lowest BCUT2D eigenvalue weighted by Crippen LogP contribution is -2.34. The SMILES string of the molecule is COc1ccc(OC)c(S(=O)(=O)NCCNC(=O)c2ccc(NC(C)=O)cc2)c1. The Morgan fingerprint density at radius 1 is 0.966 bits per heavy atom. The normalized spacial score (nSPS) is 10.9. The first-order valence-electron chi connectivity index (χ1n) is 8.64. The Labute approximate surface area is 169 Å². The van der Waals surface area contributed by atoms with Crippen LogP contribution in [0.5, 0.6) is 11.5 Å². The number of rotatable bonds is 9. The maximum atomic E-state index is 12.5. The summed E-state index contributed by atoms with van der Waals surface area (Å²) < 4.78 is 37.6. The molecule has 2 rings (SSSR count). The van der Waals surface area contributed by atoms with Crippen LogP contribution < -0.4 is 24.8 Å². The van der Waals surface area contributed by atoms with E-state index in [1.165, 1.54) is 33.3 Å².